The summed E-state index contributed by atoms with van der Waals surface area (Å²) in [5.41, 5.74) is 5.28. The molecule has 1 aromatic heterocycles. The molecule has 8 heteroatoms. The van der Waals surface area contributed by atoms with Crippen LogP contribution in [0, 0.1) is 23.0 Å². The Kier molecular flexibility index (Phi) is 3.16. The third kappa shape index (κ3) is 2.37. The van der Waals surface area contributed by atoms with E-state index >= 15 is 0 Å². The van der Waals surface area contributed by atoms with Crippen LogP contribution >= 0.6 is 0 Å². The average Bonchev–Trinajstić information content (AvgIpc) is 2.71. The number of anilines is 1. The van der Waals surface area contributed by atoms with E-state index in [9.17, 15) is 19.7 Å². The minimum atomic E-state index is -0.538. The summed E-state index contributed by atoms with van der Waals surface area (Å²) in [5, 5.41) is 10.7. The van der Waals surface area contributed by atoms with Gasteiger partial charge in [0, 0.05) is 19.0 Å². The van der Waals surface area contributed by atoms with Crippen molar-refractivity contribution in [3.05, 3.63) is 27.9 Å². The fourth-order valence-corrected chi connectivity index (χ4v) is 2.00. The molecule has 100 valence electrons. The lowest BCUT2D eigenvalue weighted by molar-refractivity contribution is -0.385. The topological polar surface area (TPSA) is 119 Å². The number of hydrogen-bond acceptors (Lipinski definition) is 5. The van der Waals surface area contributed by atoms with E-state index in [1.807, 2.05) is 0 Å². The Balaban J connectivity index is 2.28. The molecule has 0 saturated carbocycles. The largest absolute Gasteiger partial charge is 0.369 e. The van der Waals surface area contributed by atoms with Gasteiger partial charge in [-0.2, -0.15) is 0 Å². The maximum atomic E-state index is 11.8. The van der Waals surface area contributed by atoms with Crippen LogP contribution in [0.15, 0.2) is 12.1 Å². The molecule has 1 atom stereocenters. The van der Waals surface area contributed by atoms with E-state index in [4.69, 9.17) is 5.73 Å². The number of carbonyl (C=O) groups excluding carboxylic acids is 2. The smallest absolute Gasteiger partial charge is 0.290 e. The second kappa shape index (κ2) is 4.63. The molecule has 1 unspecified atom stereocenters. The van der Waals surface area contributed by atoms with Crippen LogP contribution in [-0.2, 0) is 9.59 Å². The van der Waals surface area contributed by atoms with Gasteiger partial charge < -0.3 is 5.73 Å². The van der Waals surface area contributed by atoms with Crippen molar-refractivity contribution in [2.45, 2.75) is 13.3 Å². The number of aryl methyl sites for hydroxylation is 1. The van der Waals surface area contributed by atoms with Crippen LogP contribution in [0.25, 0.3) is 0 Å². The molecular formula is C11H12N4O4. The zero-order valence-corrected chi connectivity index (χ0v) is 10.2. The lowest BCUT2D eigenvalue weighted by atomic mass is 10.1. The highest BCUT2D eigenvalue weighted by atomic mass is 16.6. The summed E-state index contributed by atoms with van der Waals surface area (Å²) in [6, 6.07) is 2.69. The van der Waals surface area contributed by atoms with Crippen LogP contribution in [0.5, 0.6) is 0 Å². The number of pyridine rings is 1. The Morgan fingerprint density at radius 2 is 2.26 bits per heavy atom. The summed E-state index contributed by atoms with van der Waals surface area (Å²) in [6.45, 7) is 1.66. The van der Waals surface area contributed by atoms with E-state index in [0.29, 0.717) is 5.82 Å². The maximum absolute atomic E-state index is 11.8. The fourth-order valence-electron chi connectivity index (χ4n) is 2.00. The van der Waals surface area contributed by atoms with Crippen molar-refractivity contribution in [2.75, 3.05) is 11.4 Å². The molecule has 0 bridgehead atoms. The SMILES string of the molecule is Cc1nc(N2CC(C(N)=O)CC2=O)ccc1[N+](=O)[O-]. The van der Waals surface area contributed by atoms with Gasteiger partial charge in [-0.25, -0.2) is 4.98 Å². The van der Waals surface area contributed by atoms with E-state index in [2.05, 4.69) is 4.98 Å². The van der Waals surface area contributed by atoms with Crippen molar-refractivity contribution >= 4 is 23.3 Å². The summed E-state index contributed by atoms with van der Waals surface area (Å²) < 4.78 is 0. The lowest BCUT2D eigenvalue weighted by Gasteiger charge is -2.15. The number of hydrogen-bond donors (Lipinski definition) is 1. The summed E-state index contributed by atoms with van der Waals surface area (Å²) in [7, 11) is 0. The van der Waals surface area contributed by atoms with Gasteiger partial charge in [0.25, 0.3) is 5.69 Å². The minimum Gasteiger partial charge on any atom is -0.369 e. The number of nitro groups is 1. The van der Waals surface area contributed by atoms with Crippen LogP contribution in [0.4, 0.5) is 11.5 Å². The van der Waals surface area contributed by atoms with Crippen molar-refractivity contribution < 1.29 is 14.5 Å². The maximum Gasteiger partial charge on any atom is 0.290 e. The quantitative estimate of drug-likeness (QED) is 0.614. The highest BCUT2D eigenvalue weighted by molar-refractivity contribution is 5.99. The monoisotopic (exact) mass is 264 g/mol. The number of nitrogens with two attached hydrogens (primary N) is 1. The third-order valence-electron chi connectivity index (χ3n) is 3.04. The number of aromatic nitrogens is 1. The van der Waals surface area contributed by atoms with Crippen molar-refractivity contribution in [2.24, 2.45) is 11.7 Å². The molecule has 2 rings (SSSR count). The predicted molar refractivity (Wildman–Crippen MR) is 65.3 cm³/mol. The van der Waals surface area contributed by atoms with Gasteiger partial charge in [0.1, 0.15) is 11.5 Å². The number of primary amides is 1. The van der Waals surface area contributed by atoms with Crippen LogP contribution in [0.2, 0.25) is 0 Å². The molecule has 2 N–H and O–H groups in total. The van der Waals surface area contributed by atoms with Gasteiger partial charge in [-0.3, -0.25) is 24.6 Å². The molecule has 1 aliphatic rings. The summed E-state index contributed by atoms with van der Waals surface area (Å²) in [5.74, 6) is -1.03. The van der Waals surface area contributed by atoms with Crippen LogP contribution in [0.3, 0.4) is 0 Å². The summed E-state index contributed by atoms with van der Waals surface area (Å²) in [6.07, 6.45) is 0.0487. The second-order valence-electron chi connectivity index (χ2n) is 4.34. The van der Waals surface area contributed by atoms with E-state index < -0.39 is 16.7 Å². The fraction of sp³-hybridized carbons (Fsp3) is 0.364. The highest BCUT2D eigenvalue weighted by Crippen LogP contribution is 2.26. The van der Waals surface area contributed by atoms with Crippen LogP contribution < -0.4 is 10.6 Å². The Bertz CT molecular complexity index is 572. The van der Waals surface area contributed by atoms with Gasteiger partial charge in [-0.1, -0.05) is 0 Å². The van der Waals surface area contributed by atoms with Gasteiger partial charge in [0.15, 0.2) is 0 Å². The zero-order valence-electron chi connectivity index (χ0n) is 10.2. The molecule has 0 radical (unpaired) electrons. The summed E-state index contributed by atoms with van der Waals surface area (Å²) >= 11 is 0. The molecule has 2 heterocycles. The first-order valence-electron chi connectivity index (χ1n) is 5.62. The van der Waals surface area contributed by atoms with Crippen molar-refractivity contribution in [3.8, 4) is 0 Å². The molecule has 1 aromatic rings. The van der Waals surface area contributed by atoms with E-state index in [0.717, 1.165) is 0 Å². The summed E-state index contributed by atoms with van der Waals surface area (Å²) in [4.78, 5) is 38.3. The standard InChI is InChI=1S/C11H12N4O4/c1-6-8(15(18)19)2-3-9(13-6)14-5-7(11(12)17)4-10(14)16/h2-3,7H,4-5H2,1H3,(H2,12,17). The Morgan fingerprint density at radius 3 is 2.74 bits per heavy atom. The lowest BCUT2D eigenvalue weighted by Crippen LogP contribution is -2.29. The van der Waals surface area contributed by atoms with E-state index in [-0.39, 0.29) is 30.3 Å². The van der Waals surface area contributed by atoms with Crippen molar-refractivity contribution in [1.82, 2.24) is 4.98 Å². The normalized spacial score (nSPS) is 18.7. The molecule has 0 aromatic carbocycles. The second-order valence-corrected chi connectivity index (χ2v) is 4.34. The molecule has 1 aliphatic heterocycles. The molecule has 2 amide bonds. The number of rotatable bonds is 3. The Hall–Kier alpha value is -2.51. The Labute approximate surface area is 108 Å². The van der Waals surface area contributed by atoms with Crippen LogP contribution in [0.1, 0.15) is 12.1 Å². The molecule has 0 aliphatic carbocycles. The van der Waals surface area contributed by atoms with Gasteiger partial charge in [-0.15, -0.1) is 0 Å². The van der Waals surface area contributed by atoms with Crippen LogP contribution in [-0.4, -0.2) is 28.3 Å². The van der Waals surface area contributed by atoms with Gasteiger partial charge in [-0.05, 0) is 13.0 Å². The van der Waals surface area contributed by atoms with Crippen molar-refractivity contribution in [3.63, 3.8) is 0 Å². The van der Waals surface area contributed by atoms with E-state index in [1.54, 1.807) is 0 Å². The average molecular weight is 264 g/mol. The number of carbonyl (C=O) groups is 2. The van der Waals surface area contributed by atoms with Gasteiger partial charge in [0.2, 0.25) is 11.8 Å². The Morgan fingerprint density at radius 1 is 1.58 bits per heavy atom. The highest BCUT2D eigenvalue weighted by Gasteiger charge is 2.34. The number of amides is 2. The zero-order chi connectivity index (χ0) is 14.2. The number of nitrogens with zero attached hydrogens (tertiary/aromatic N) is 3. The van der Waals surface area contributed by atoms with E-state index in [1.165, 1.54) is 24.0 Å². The van der Waals surface area contributed by atoms with Gasteiger partial charge in [0.05, 0.1) is 10.8 Å². The molecule has 8 nitrogen and oxygen atoms in total. The molecule has 1 fully saturated rings. The minimum absolute atomic E-state index is 0.0487. The van der Waals surface area contributed by atoms with Crippen molar-refractivity contribution in [1.29, 1.82) is 0 Å². The molecule has 1 saturated heterocycles. The first-order chi connectivity index (χ1) is 8.90. The molecule has 0 spiro atoms. The molecule has 19 heavy (non-hydrogen) atoms. The third-order valence-corrected chi connectivity index (χ3v) is 3.04. The molecular weight excluding hydrogens is 252 g/mol. The first-order valence-corrected chi connectivity index (χ1v) is 5.62. The van der Waals surface area contributed by atoms with Gasteiger partial charge >= 0.3 is 0 Å². The predicted octanol–water partition coefficient (Wildman–Crippen LogP) is 0.136. The first kappa shape index (κ1) is 12.9.